The summed E-state index contributed by atoms with van der Waals surface area (Å²) in [5.41, 5.74) is 6.80. The molecular weight excluding hydrogens is 274 g/mol. The van der Waals surface area contributed by atoms with Crippen LogP contribution in [-0.2, 0) is 14.3 Å². The van der Waals surface area contributed by atoms with Gasteiger partial charge in [-0.1, -0.05) is 0 Å². The van der Waals surface area contributed by atoms with E-state index >= 15 is 0 Å². The van der Waals surface area contributed by atoms with Crippen molar-refractivity contribution in [2.75, 3.05) is 37.4 Å². The minimum absolute atomic E-state index is 0.0623. The summed E-state index contributed by atoms with van der Waals surface area (Å²) in [5.74, 6) is -0.00164. The third kappa shape index (κ3) is 3.43. The summed E-state index contributed by atoms with van der Waals surface area (Å²) in [6.07, 6.45) is -0.647. The fourth-order valence-corrected chi connectivity index (χ4v) is 2.08. The zero-order valence-electron chi connectivity index (χ0n) is 12.1. The maximum atomic E-state index is 12.2. The zero-order valence-corrected chi connectivity index (χ0v) is 12.1. The smallest absolute Gasteiger partial charge is 0.268 e. The zero-order chi connectivity index (χ0) is 15.4. The number of carbonyl (C=O) groups is 2. The van der Waals surface area contributed by atoms with Crippen LogP contribution in [0.15, 0.2) is 18.2 Å². The highest BCUT2D eigenvalue weighted by atomic mass is 16.5. The Kier molecular flexibility index (Phi) is 4.64. The predicted molar refractivity (Wildman–Crippen MR) is 78.2 cm³/mol. The van der Waals surface area contributed by atoms with E-state index in [0.29, 0.717) is 30.3 Å². The maximum absolute atomic E-state index is 12.2. The van der Waals surface area contributed by atoms with Crippen LogP contribution in [0.5, 0.6) is 5.75 Å². The number of nitrogens with zero attached hydrogens (tertiary/aromatic N) is 1. The number of hydrogen-bond donors (Lipinski definition) is 2. The lowest BCUT2D eigenvalue weighted by Crippen LogP contribution is -2.49. The summed E-state index contributed by atoms with van der Waals surface area (Å²) in [7, 11) is 1.56. The lowest BCUT2D eigenvalue weighted by Gasteiger charge is -2.32. The van der Waals surface area contributed by atoms with E-state index in [9.17, 15) is 9.59 Å². The van der Waals surface area contributed by atoms with Crippen molar-refractivity contribution in [3.8, 4) is 5.75 Å². The molecule has 0 radical (unpaired) electrons. The molecule has 114 valence electrons. The number of benzene rings is 1. The number of fused-ring (bicyclic) bond motifs is 1. The molecule has 7 nitrogen and oxygen atoms in total. The van der Waals surface area contributed by atoms with Gasteiger partial charge in [0.05, 0.1) is 12.3 Å². The number of nitrogens with two attached hydrogens (primary N) is 1. The molecule has 0 saturated heterocycles. The summed E-state index contributed by atoms with van der Waals surface area (Å²) in [6, 6.07) is 4.99. The Balaban J connectivity index is 2.14. The molecule has 1 aromatic rings. The Bertz CT molecular complexity index is 547. The first-order valence-corrected chi connectivity index (χ1v) is 6.66. The topological polar surface area (TPSA) is 93.9 Å². The molecule has 3 N–H and O–H groups in total. The molecule has 0 saturated carbocycles. The fraction of sp³-hybridized carbons (Fsp3) is 0.429. The summed E-state index contributed by atoms with van der Waals surface area (Å²) in [4.78, 5) is 25.5. The van der Waals surface area contributed by atoms with Gasteiger partial charge < -0.3 is 20.5 Å². The van der Waals surface area contributed by atoms with Crippen LogP contribution in [0.25, 0.3) is 0 Å². The maximum Gasteiger partial charge on any atom is 0.268 e. The summed E-state index contributed by atoms with van der Waals surface area (Å²) >= 11 is 0. The summed E-state index contributed by atoms with van der Waals surface area (Å²) < 4.78 is 10.4. The number of methoxy groups -OCH3 is 1. The molecule has 1 aliphatic rings. The van der Waals surface area contributed by atoms with Crippen LogP contribution in [0.3, 0.4) is 0 Å². The van der Waals surface area contributed by atoms with Gasteiger partial charge in [0.15, 0.2) is 6.10 Å². The van der Waals surface area contributed by atoms with Crippen molar-refractivity contribution in [2.45, 2.75) is 13.0 Å². The second kappa shape index (κ2) is 6.45. The second-order valence-corrected chi connectivity index (χ2v) is 4.75. The molecule has 2 amide bonds. The van der Waals surface area contributed by atoms with Crippen molar-refractivity contribution in [1.29, 1.82) is 0 Å². The predicted octanol–water partition coefficient (Wildman–Crippen LogP) is 0.145. The van der Waals surface area contributed by atoms with Gasteiger partial charge in [0, 0.05) is 25.4 Å². The molecule has 0 aliphatic carbocycles. The van der Waals surface area contributed by atoms with E-state index in [1.807, 2.05) is 0 Å². The molecule has 1 unspecified atom stereocenters. The van der Waals surface area contributed by atoms with Gasteiger partial charge >= 0.3 is 0 Å². The average Bonchev–Trinajstić information content (AvgIpc) is 2.44. The Morgan fingerprint density at radius 3 is 3.00 bits per heavy atom. The number of anilines is 2. The second-order valence-electron chi connectivity index (χ2n) is 4.75. The Hall–Kier alpha value is -2.28. The van der Waals surface area contributed by atoms with Gasteiger partial charge in [0.25, 0.3) is 5.91 Å². The van der Waals surface area contributed by atoms with Crippen molar-refractivity contribution in [3.05, 3.63) is 18.2 Å². The average molecular weight is 293 g/mol. The van der Waals surface area contributed by atoms with Crippen LogP contribution >= 0.6 is 0 Å². The number of hydrogen-bond acceptors (Lipinski definition) is 5. The molecule has 0 bridgehead atoms. The molecule has 0 fully saturated rings. The van der Waals surface area contributed by atoms with E-state index in [1.165, 1.54) is 4.90 Å². The van der Waals surface area contributed by atoms with Crippen molar-refractivity contribution in [2.24, 2.45) is 0 Å². The van der Waals surface area contributed by atoms with Crippen LogP contribution in [-0.4, -0.2) is 44.7 Å². The van der Waals surface area contributed by atoms with E-state index in [-0.39, 0.29) is 18.4 Å². The van der Waals surface area contributed by atoms with Gasteiger partial charge in [-0.15, -0.1) is 0 Å². The van der Waals surface area contributed by atoms with E-state index in [1.54, 1.807) is 32.2 Å². The van der Waals surface area contributed by atoms with E-state index in [2.05, 4.69) is 5.32 Å². The number of nitrogen functional groups attached to an aromatic ring is 1. The highest BCUT2D eigenvalue weighted by Gasteiger charge is 2.32. The van der Waals surface area contributed by atoms with E-state index < -0.39 is 6.10 Å². The number of ether oxygens (including phenoxy) is 2. The quantitative estimate of drug-likeness (QED) is 0.595. The van der Waals surface area contributed by atoms with Crippen molar-refractivity contribution < 1.29 is 19.1 Å². The highest BCUT2D eigenvalue weighted by molar-refractivity contribution is 6.03. The first-order chi connectivity index (χ1) is 10.0. The monoisotopic (exact) mass is 293 g/mol. The van der Waals surface area contributed by atoms with Gasteiger partial charge in [-0.3, -0.25) is 14.5 Å². The third-order valence-corrected chi connectivity index (χ3v) is 3.12. The van der Waals surface area contributed by atoms with E-state index in [0.717, 1.165) is 0 Å². The normalized spacial score (nSPS) is 17.1. The minimum Gasteiger partial charge on any atom is -0.479 e. The molecule has 2 rings (SSSR count). The molecule has 21 heavy (non-hydrogen) atoms. The lowest BCUT2D eigenvalue weighted by molar-refractivity contribution is -0.128. The third-order valence-electron chi connectivity index (χ3n) is 3.12. The molecule has 1 atom stereocenters. The van der Waals surface area contributed by atoms with Gasteiger partial charge in [0.2, 0.25) is 5.91 Å². The Morgan fingerprint density at radius 2 is 2.29 bits per heavy atom. The van der Waals surface area contributed by atoms with Gasteiger partial charge in [-0.25, -0.2) is 0 Å². The molecular formula is C14H19N3O4. The molecule has 0 aromatic heterocycles. The first kappa shape index (κ1) is 15.1. The molecule has 1 aliphatic heterocycles. The molecule has 1 aromatic carbocycles. The number of nitrogens with one attached hydrogen (secondary N) is 1. The number of amides is 2. The summed E-state index contributed by atoms with van der Waals surface area (Å²) in [6.45, 7) is 2.40. The van der Waals surface area contributed by atoms with Crippen LogP contribution < -0.4 is 20.7 Å². The molecule has 7 heteroatoms. The SMILES string of the molecule is COCCNC(=O)CN1C(=O)C(C)Oc2cc(N)ccc21. The van der Waals surface area contributed by atoms with Gasteiger partial charge in [-0.2, -0.15) is 0 Å². The molecule has 0 spiro atoms. The fourth-order valence-electron chi connectivity index (χ4n) is 2.08. The summed E-state index contributed by atoms with van der Waals surface area (Å²) in [5, 5.41) is 2.69. The van der Waals surface area contributed by atoms with Gasteiger partial charge in [0.1, 0.15) is 12.3 Å². The standard InChI is InChI=1S/C14H19N3O4/c1-9-14(19)17(8-13(18)16-5-6-20-2)11-4-3-10(15)7-12(11)21-9/h3-4,7,9H,5-6,8,15H2,1-2H3,(H,16,18). The number of rotatable bonds is 5. The van der Waals surface area contributed by atoms with Crippen molar-refractivity contribution in [1.82, 2.24) is 5.32 Å². The Labute approximate surface area is 123 Å². The van der Waals surface area contributed by atoms with Crippen molar-refractivity contribution in [3.63, 3.8) is 0 Å². The van der Waals surface area contributed by atoms with Crippen LogP contribution in [0.2, 0.25) is 0 Å². The largest absolute Gasteiger partial charge is 0.479 e. The lowest BCUT2D eigenvalue weighted by atomic mass is 10.1. The van der Waals surface area contributed by atoms with Crippen molar-refractivity contribution >= 4 is 23.2 Å². The van der Waals surface area contributed by atoms with Crippen LogP contribution in [0, 0.1) is 0 Å². The highest BCUT2D eigenvalue weighted by Crippen LogP contribution is 2.35. The molecule has 1 heterocycles. The minimum atomic E-state index is -0.647. The number of carbonyl (C=O) groups excluding carboxylic acids is 2. The first-order valence-electron chi connectivity index (χ1n) is 6.66. The van der Waals surface area contributed by atoms with Crippen LogP contribution in [0.1, 0.15) is 6.92 Å². The van der Waals surface area contributed by atoms with E-state index in [4.69, 9.17) is 15.2 Å². The Morgan fingerprint density at radius 1 is 1.52 bits per heavy atom. The van der Waals surface area contributed by atoms with Gasteiger partial charge in [-0.05, 0) is 19.1 Å². The van der Waals surface area contributed by atoms with Crippen LogP contribution in [0.4, 0.5) is 11.4 Å².